The smallest absolute Gasteiger partial charge is 0.220 e. The standard InChI is InChI=1S/C18H25N5O2/c1-22-10-11-23(13-18(22)6-4-17(24)19-9-7-18)12-14-2-3-16(25-14)15-5-8-20-21-15/h2-3,5,8H,4,6-7,9-13H2,1H3,(H,19,24)(H,20,21). The molecule has 1 unspecified atom stereocenters. The molecular weight excluding hydrogens is 318 g/mol. The molecule has 7 nitrogen and oxygen atoms in total. The van der Waals surface area contributed by atoms with Crippen molar-refractivity contribution in [2.75, 3.05) is 33.2 Å². The number of hydrogen-bond donors (Lipinski definition) is 2. The number of rotatable bonds is 3. The lowest BCUT2D eigenvalue weighted by molar-refractivity contribution is -0.121. The fourth-order valence-corrected chi connectivity index (χ4v) is 4.03. The molecule has 4 rings (SSSR count). The number of H-pyrrole nitrogens is 1. The molecule has 25 heavy (non-hydrogen) atoms. The third kappa shape index (κ3) is 3.34. The van der Waals surface area contributed by atoms with Crippen molar-refractivity contribution in [3.63, 3.8) is 0 Å². The zero-order valence-corrected chi connectivity index (χ0v) is 14.6. The number of aromatic amines is 1. The second kappa shape index (κ2) is 6.65. The van der Waals surface area contributed by atoms with Gasteiger partial charge >= 0.3 is 0 Å². The zero-order chi connectivity index (χ0) is 17.3. The first-order valence-corrected chi connectivity index (χ1v) is 8.93. The van der Waals surface area contributed by atoms with Crippen LogP contribution in [-0.4, -0.2) is 64.7 Å². The number of aromatic nitrogens is 2. The van der Waals surface area contributed by atoms with E-state index < -0.39 is 0 Å². The van der Waals surface area contributed by atoms with E-state index in [1.807, 2.05) is 18.2 Å². The highest BCUT2D eigenvalue weighted by atomic mass is 16.3. The first-order chi connectivity index (χ1) is 12.1. The maximum absolute atomic E-state index is 11.7. The highest BCUT2D eigenvalue weighted by Gasteiger charge is 2.40. The van der Waals surface area contributed by atoms with Crippen LogP contribution in [0.4, 0.5) is 0 Å². The Bertz CT molecular complexity index is 726. The predicted octanol–water partition coefficient (Wildman–Crippen LogP) is 1.46. The minimum Gasteiger partial charge on any atom is -0.458 e. The van der Waals surface area contributed by atoms with Crippen LogP contribution in [0.1, 0.15) is 25.0 Å². The summed E-state index contributed by atoms with van der Waals surface area (Å²) in [7, 11) is 2.19. The molecule has 2 aliphatic rings. The summed E-state index contributed by atoms with van der Waals surface area (Å²) >= 11 is 0. The molecule has 0 aromatic carbocycles. The van der Waals surface area contributed by atoms with Gasteiger partial charge in [0.2, 0.25) is 5.91 Å². The molecule has 134 valence electrons. The van der Waals surface area contributed by atoms with E-state index in [1.165, 1.54) is 0 Å². The van der Waals surface area contributed by atoms with Gasteiger partial charge in [-0.05, 0) is 38.1 Å². The average Bonchev–Trinajstić information content (AvgIpc) is 3.24. The fourth-order valence-electron chi connectivity index (χ4n) is 4.03. The number of amides is 1. The van der Waals surface area contributed by atoms with Crippen LogP contribution >= 0.6 is 0 Å². The molecule has 2 N–H and O–H groups in total. The minimum atomic E-state index is 0.0796. The van der Waals surface area contributed by atoms with Crippen LogP contribution in [0.5, 0.6) is 0 Å². The maximum atomic E-state index is 11.7. The monoisotopic (exact) mass is 343 g/mol. The number of likely N-dealkylation sites (N-methyl/N-ethyl adjacent to an activating group) is 1. The van der Waals surface area contributed by atoms with E-state index in [1.54, 1.807) is 6.20 Å². The van der Waals surface area contributed by atoms with Gasteiger partial charge in [0.1, 0.15) is 11.5 Å². The van der Waals surface area contributed by atoms with Crippen molar-refractivity contribution in [1.29, 1.82) is 0 Å². The summed E-state index contributed by atoms with van der Waals surface area (Å²) in [5.74, 6) is 1.96. The van der Waals surface area contributed by atoms with Crippen molar-refractivity contribution in [2.45, 2.75) is 31.3 Å². The SMILES string of the molecule is CN1CCN(Cc2ccc(-c3ccn[nH]3)o2)CC12CCNC(=O)CC2. The number of furan rings is 1. The first-order valence-electron chi connectivity index (χ1n) is 8.93. The lowest BCUT2D eigenvalue weighted by atomic mass is 9.86. The molecule has 2 saturated heterocycles. The van der Waals surface area contributed by atoms with Crippen molar-refractivity contribution >= 4 is 5.91 Å². The number of nitrogens with one attached hydrogen (secondary N) is 2. The molecule has 2 aromatic heterocycles. The zero-order valence-electron chi connectivity index (χ0n) is 14.6. The third-order valence-corrected chi connectivity index (χ3v) is 5.62. The van der Waals surface area contributed by atoms with Crippen molar-refractivity contribution in [3.05, 3.63) is 30.2 Å². The average molecular weight is 343 g/mol. The molecular formula is C18H25N5O2. The Balaban J connectivity index is 1.45. The van der Waals surface area contributed by atoms with Crippen LogP contribution in [0.3, 0.4) is 0 Å². The number of hydrogen-bond acceptors (Lipinski definition) is 5. The van der Waals surface area contributed by atoms with Gasteiger partial charge in [0.15, 0.2) is 5.76 Å². The Morgan fingerprint density at radius 2 is 2.20 bits per heavy atom. The lowest BCUT2D eigenvalue weighted by Gasteiger charge is -2.49. The number of carbonyl (C=O) groups is 1. The van der Waals surface area contributed by atoms with E-state index in [-0.39, 0.29) is 11.4 Å². The molecule has 2 aliphatic heterocycles. The maximum Gasteiger partial charge on any atom is 0.220 e. The van der Waals surface area contributed by atoms with Crippen LogP contribution < -0.4 is 5.32 Å². The minimum absolute atomic E-state index is 0.0796. The Labute approximate surface area is 147 Å². The van der Waals surface area contributed by atoms with E-state index in [4.69, 9.17) is 4.42 Å². The van der Waals surface area contributed by atoms with Crippen molar-refractivity contribution in [2.24, 2.45) is 0 Å². The van der Waals surface area contributed by atoms with E-state index >= 15 is 0 Å². The molecule has 2 fully saturated rings. The number of piperazine rings is 1. The number of carbonyl (C=O) groups excluding carboxylic acids is 1. The number of nitrogens with zero attached hydrogens (tertiary/aromatic N) is 3. The first kappa shape index (κ1) is 16.4. The van der Waals surface area contributed by atoms with Gasteiger partial charge in [-0.2, -0.15) is 5.10 Å². The Morgan fingerprint density at radius 3 is 3.04 bits per heavy atom. The highest BCUT2D eigenvalue weighted by Crippen LogP contribution is 2.31. The normalized spacial score (nSPS) is 25.9. The third-order valence-electron chi connectivity index (χ3n) is 5.62. The summed E-state index contributed by atoms with van der Waals surface area (Å²) in [5, 5.41) is 9.91. The largest absolute Gasteiger partial charge is 0.458 e. The molecule has 4 heterocycles. The molecule has 1 atom stereocenters. The van der Waals surface area contributed by atoms with Gasteiger partial charge in [-0.15, -0.1) is 0 Å². The van der Waals surface area contributed by atoms with Crippen molar-refractivity contribution in [1.82, 2.24) is 25.3 Å². The summed E-state index contributed by atoms with van der Waals surface area (Å²) < 4.78 is 5.98. The fraction of sp³-hybridized carbons (Fsp3) is 0.556. The predicted molar refractivity (Wildman–Crippen MR) is 93.8 cm³/mol. The van der Waals surface area contributed by atoms with Crippen LogP contribution in [-0.2, 0) is 11.3 Å². The molecule has 2 aromatic rings. The van der Waals surface area contributed by atoms with Crippen molar-refractivity contribution < 1.29 is 9.21 Å². The van der Waals surface area contributed by atoms with Gasteiger partial charge in [0.05, 0.1) is 6.54 Å². The van der Waals surface area contributed by atoms with E-state index in [9.17, 15) is 4.79 Å². The molecule has 0 bridgehead atoms. The van der Waals surface area contributed by atoms with Gasteiger partial charge in [0, 0.05) is 44.3 Å². The topological polar surface area (TPSA) is 77.4 Å². The quantitative estimate of drug-likeness (QED) is 0.882. The molecule has 0 radical (unpaired) electrons. The van der Waals surface area contributed by atoms with E-state index in [0.29, 0.717) is 6.42 Å². The van der Waals surface area contributed by atoms with Gasteiger partial charge in [-0.25, -0.2) is 0 Å². The van der Waals surface area contributed by atoms with Crippen LogP contribution in [0, 0.1) is 0 Å². The van der Waals surface area contributed by atoms with Crippen LogP contribution in [0.2, 0.25) is 0 Å². The summed E-state index contributed by atoms with van der Waals surface area (Å²) in [6.45, 7) is 4.56. The van der Waals surface area contributed by atoms with Gasteiger partial charge in [-0.3, -0.25) is 19.7 Å². The Hall–Kier alpha value is -2.12. The molecule has 1 spiro atoms. The lowest BCUT2D eigenvalue weighted by Crippen LogP contribution is -2.60. The van der Waals surface area contributed by atoms with Crippen LogP contribution in [0.25, 0.3) is 11.5 Å². The summed E-state index contributed by atoms with van der Waals surface area (Å²) in [6, 6.07) is 5.94. The van der Waals surface area contributed by atoms with E-state index in [2.05, 4.69) is 32.4 Å². The highest BCUT2D eigenvalue weighted by molar-refractivity contribution is 5.76. The summed E-state index contributed by atoms with van der Waals surface area (Å²) in [5.41, 5.74) is 0.977. The second-order valence-corrected chi connectivity index (χ2v) is 7.19. The second-order valence-electron chi connectivity index (χ2n) is 7.19. The Kier molecular flexibility index (Phi) is 4.35. The molecule has 7 heteroatoms. The molecule has 0 aliphatic carbocycles. The van der Waals surface area contributed by atoms with Crippen LogP contribution in [0.15, 0.2) is 28.8 Å². The summed E-state index contributed by atoms with van der Waals surface area (Å²) in [4.78, 5) is 16.6. The van der Waals surface area contributed by atoms with Gasteiger partial charge < -0.3 is 9.73 Å². The van der Waals surface area contributed by atoms with E-state index in [0.717, 1.165) is 62.8 Å². The van der Waals surface area contributed by atoms with Gasteiger partial charge in [0.25, 0.3) is 0 Å². The summed E-state index contributed by atoms with van der Waals surface area (Å²) in [6.07, 6.45) is 4.26. The molecule has 0 saturated carbocycles. The van der Waals surface area contributed by atoms with Crippen molar-refractivity contribution in [3.8, 4) is 11.5 Å². The molecule has 1 amide bonds. The van der Waals surface area contributed by atoms with Gasteiger partial charge in [-0.1, -0.05) is 0 Å². The Morgan fingerprint density at radius 1 is 1.28 bits per heavy atom.